The number of hydrogen-bond acceptors (Lipinski definition) is 4. The Labute approximate surface area is 92.8 Å². The fourth-order valence-corrected chi connectivity index (χ4v) is 2.39. The first-order chi connectivity index (χ1) is 7.20. The highest BCUT2D eigenvalue weighted by Crippen LogP contribution is 2.27. The zero-order valence-corrected chi connectivity index (χ0v) is 9.69. The largest absolute Gasteiger partial charge is 0.395 e. The van der Waals surface area contributed by atoms with Crippen molar-refractivity contribution in [3.8, 4) is 0 Å². The number of rotatable bonds is 3. The van der Waals surface area contributed by atoms with E-state index in [1.165, 1.54) is 15.8 Å². The second-order valence-electron chi connectivity index (χ2n) is 3.57. The lowest BCUT2D eigenvalue weighted by Crippen LogP contribution is -2.04. The van der Waals surface area contributed by atoms with Crippen LogP contribution in [0.3, 0.4) is 0 Å². The highest BCUT2D eigenvalue weighted by atomic mass is 32.1. The molecule has 0 aliphatic heterocycles. The lowest BCUT2D eigenvalue weighted by molar-refractivity contribution is 0.311. The fraction of sp³-hybridized carbons (Fsp3) is 0.364. The van der Waals surface area contributed by atoms with E-state index in [1.807, 2.05) is 0 Å². The number of nitrogens with zero attached hydrogens (tertiary/aromatic N) is 1. The van der Waals surface area contributed by atoms with Crippen molar-refractivity contribution in [1.29, 1.82) is 0 Å². The van der Waals surface area contributed by atoms with Crippen molar-refractivity contribution in [2.45, 2.75) is 13.8 Å². The van der Waals surface area contributed by atoms with Crippen molar-refractivity contribution in [3.05, 3.63) is 23.3 Å². The van der Waals surface area contributed by atoms with Crippen LogP contribution in [-0.2, 0) is 0 Å². The molecule has 2 N–H and O–H groups in total. The van der Waals surface area contributed by atoms with Crippen LogP contribution in [0.2, 0.25) is 0 Å². The number of aliphatic hydroxyl groups excluding tert-OH is 1. The Morgan fingerprint density at radius 2 is 2.07 bits per heavy atom. The molecule has 2 rings (SSSR count). The Morgan fingerprint density at radius 3 is 2.80 bits per heavy atom. The van der Waals surface area contributed by atoms with Crippen LogP contribution in [-0.4, -0.2) is 23.2 Å². The third kappa shape index (κ3) is 2.11. The van der Waals surface area contributed by atoms with E-state index in [2.05, 4.69) is 36.3 Å². The van der Waals surface area contributed by atoms with E-state index in [1.54, 1.807) is 11.3 Å². The van der Waals surface area contributed by atoms with Crippen LogP contribution >= 0.6 is 11.3 Å². The van der Waals surface area contributed by atoms with Crippen molar-refractivity contribution >= 4 is 26.7 Å². The summed E-state index contributed by atoms with van der Waals surface area (Å²) in [5.41, 5.74) is 3.59. The molecule has 0 radical (unpaired) electrons. The van der Waals surface area contributed by atoms with Gasteiger partial charge in [0.05, 0.1) is 16.8 Å². The van der Waals surface area contributed by atoms with Crippen molar-refractivity contribution in [3.63, 3.8) is 0 Å². The van der Waals surface area contributed by atoms with Gasteiger partial charge in [-0.1, -0.05) is 11.3 Å². The molecule has 80 valence electrons. The van der Waals surface area contributed by atoms with Crippen LogP contribution in [0, 0.1) is 13.8 Å². The lowest BCUT2D eigenvalue weighted by Gasteiger charge is -1.96. The summed E-state index contributed by atoms with van der Waals surface area (Å²) in [5, 5.41) is 12.7. The van der Waals surface area contributed by atoms with Gasteiger partial charge < -0.3 is 10.4 Å². The number of thiazole rings is 1. The van der Waals surface area contributed by atoms with Crippen LogP contribution in [0.1, 0.15) is 11.1 Å². The van der Waals surface area contributed by atoms with Gasteiger partial charge in [0.25, 0.3) is 0 Å². The predicted molar refractivity (Wildman–Crippen MR) is 64.7 cm³/mol. The molecule has 0 amide bonds. The van der Waals surface area contributed by atoms with E-state index >= 15 is 0 Å². The Morgan fingerprint density at radius 1 is 1.33 bits per heavy atom. The minimum absolute atomic E-state index is 0.133. The molecule has 1 aromatic carbocycles. The van der Waals surface area contributed by atoms with E-state index in [-0.39, 0.29) is 6.61 Å². The zero-order valence-electron chi connectivity index (χ0n) is 8.87. The summed E-state index contributed by atoms with van der Waals surface area (Å²) in [5.74, 6) is 0. The molecule has 0 saturated carbocycles. The summed E-state index contributed by atoms with van der Waals surface area (Å²) in [6, 6.07) is 4.26. The normalized spacial score (nSPS) is 10.9. The van der Waals surface area contributed by atoms with Crippen molar-refractivity contribution in [2.24, 2.45) is 0 Å². The molecular weight excluding hydrogens is 208 g/mol. The van der Waals surface area contributed by atoms with Crippen LogP contribution < -0.4 is 5.32 Å². The van der Waals surface area contributed by atoms with Gasteiger partial charge in [-0.25, -0.2) is 4.98 Å². The lowest BCUT2D eigenvalue weighted by atomic mass is 10.1. The molecule has 1 heterocycles. The monoisotopic (exact) mass is 222 g/mol. The molecule has 0 fully saturated rings. The van der Waals surface area contributed by atoms with Crippen molar-refractivity contribution in [2.75, 3.05) is 18.5 Å². The number of anilines is 1. The number of hydrogen-bond donors (Lipinski definition) is 2. The first kappa shape index (κ1) is 10.4. The molecule has 1 aromatic heterocycles. The van der Waals surface area contributed by atoms with E-state index in [9.17, 15) is 0 Å². The minimum Gasteiger partial charge on any atom is -0.395 e. The molecule has 0 saturated heterocycles. The summed E-state index contributed by atoms with van der Waals surface area (Å²) in [6.07, 6.45) is 0. The third-order valence-corrected chi connectivity index (χ3v) is 3.37. The topological polar surface area (TPSA) is 45.2 Å². The van der Waals surface area contributed by atoms with Crippen molar-refractivity contribution < 1.29 is 5.11 Å². The Kier molecular flexibility index (Phi) is 2.88. The molecular formula is C11H14N2OS. The highest BCUT2D eigenvalue weighted by Gasteiger charge is 2.04. The third-order valence-electron chi connectivity index (χ3n) is 2.39. The Bertz CT molecular complexity index is 440. The summed E-state index contributed by atoms with van der Waals surface area (Å²) >= 11 is 1.63. The molecule has 2 aromatic rings. The van der Waals surface area contributed by atoms with Crippen LogP contribution in [0.4, 0.5) is 5.13 Å². The molecule has 0 atom stereocenters. The zero-order chi connectivity index (χ0) is 10.8. The molecule has 0 aliphatic rings. The van der Waals surface area contributed by atoms with E-state index in [0.717, 1.165) is 10.6 Å². The smallest absolute Gasteiger partial charge is 0.183 e. The summed E-state index contributed by atoms with van der Waals surface area (Å²) in [4.78, 5) is 4.45. The van der Waals surface area contributed by atoms with Gasteiger partial charge in [0.15, 0.2) is 5.13 Å². The number of aliphatic hydroxyl groups is 1. The van der Waals surface area contributed by atoms with Gasteiger partial charge in [0, 0.05) is 6.54 Å². The number of aromatic nitrogens is 1. The van der Waals surface area contributed by atoms with E-state index < -0.39 is 0 Å². The Hall–Kier alpha value is -1.13. The van der Waals surface area contributed by atoms with Gasteiger partial charge in [0.1, 0.15) is 0 Å². The predicted octanol–water partition coefficient (Wildman–Crippen LogP) is 2.32. The van der Waals surface area contributed by atoms with Crippen molar-refractivity contribution in [1.82, 2.24) is 4.98 Å². The van der Waals surface area contributed by atoms with E-state index in [0.29, 0.717) is 6.54 Å². The van der Waals surface area contributed by atoms with Gasteiger partial charge in [-0.3, -0.25) is 0 Å². The second-order valence-corrected chi connectivity index (χ2v) is 4.60. The van der Waals surface area contributed by atoms with Crippen LogP contribution in [0.15, 0.2) is 12.1 Å². The standard InChI is InChI=1S/C11H14N2OS/c1-7-5-9-10(6-8(7)2)15-11(13-9)12-3-4-14/h5-6,14H,3-4H2,1-2H3,(H,12,13). The van der Waals surface area contributed by atoms with Crippen LogP contribution in [0.25, 0.3) is 10.2 Å². The first-order valence-corrected chi connectivity index (χ1v) is 5.75. The number of fused-ring (bicyclic) bond motifs is 1. The molecule has 4 heteroatoms. The van der Waals surface area contributed by atoms with Gasteiger partial charge in [-0.15, -0.1) is 0 Å². The molecule has 0 spiro atoms. The van der Waals surface area contributed by atoms with Gasteiger partial charge >= 0.3 is 0 Å². The summed E-state index contributed by atoms with van der Waals surface area (Å²) < 4.78 is 1.19. The fourth-order valence-electron chi connectivity index (χ4n) is 1.42. The number of nitrogens with one attached hydrogen (secondary N) is 1. The minimum atomic E-state index is 0.133. The van der Waals surface area contributed by atoms with Gasteiger partial charge in [0.2, 0.25) is 0 Å². The number of benzene rings is 1. The van der Waals surface area contributed by atoms with E-state index in [4.69, 9.17) is 5.11 Å². The maximum Gasteiger partial charge on any atom is 0.183 e. The maximum atomic E-state index is 8.71. The average Bonchev–Trinajstić information content (AvgIpc) is 2.58. The quantitative estimate of drug-likeness (QED) is 0.837. The SMILES string of the molecule is Cc1cc2nc(NCCO)sc2cc1C. The average molecular weight is 222 g/mol. The molecule has 0 bridgehead atoms. The summed E-state index contributed by atoms with van der Waals surface area (Å²) in [7, 11) is 0. The second kappa shape index (κ2) is 4.16. The number of aryl methyl sites for hydroxylation is 2. The maximum absolute atomic E-state index is 8.71. The molecule has 0 aliphatic carbocycles. The summed E-state index contributed by atoms with van der Waals surface area (Å²) in [6.45, 7) is 4.88. The first-order valence-electron chi connectivity index (χ1n) is 4.93. The highest BCUT2D eigenvalue weighted by molar-refractivity contribution is 7.22. The van der Waals surface area contributed by atoms with Gasteiger partial charge in [-0.05, 0) is 37.1 Å². The molecule has 0 unspecified atom stereocenters. The Balaban J connectivity index is 2.38. The molecule has 3 nitrogen and oxygen atoms in total. The van der Waals surface area contributed by atoms with Crippen LogP contribution in [0.5, 0.6) is 0 Å². The molecule has 15 heavy (non-hydrogen) atoms. The van der Waals surface area contributed by atoms with Gasteiger partial charge in [-0.2, -0.15) is 0 Å².